The normalized spacial score (nSPS) is 17.8. The van der Waals surface area contributed by atoms with Crippen LogP contribution in [-0.2, 0) is 27.4 Å². The highest BCUT2D eigenvalue weighted by Crippen LogP contribution is 2.39. The Balaban J connectivity index is 1.47. The number of rotatable bonds is 22. The standard InChI is InChI=1S/C43H59Cl3N2O4/c1-3-5-7-9-11-13-26-48(27-14-12-10-8-6-4-2)31-39-29-40(36-20-18-33(32-49)19-21-36)52-41(51-39)37-24-22-35(23-25-37)38-17-15-16-34(28-38)30-47-42(50)43(44,45)46/h15-25,28,39-41,49H,3-14,26-27,29-32H2,1-2H3,(H,47,50). The van der Waals surface area contributed by atoms with E-state index in [9.17, 15) is 9.90 Å². The first-order chi connectivity index (χ1) is 25.2. The number of hydrogen-bond donors (Lipinski definition) is 2. The van der Waals surface area contributed by atoms with E-state index in [4.69, 9.17) is 44.3 Å². The predicted molar refractivity (Wildman–Crippen MR) is 216 cm³/mol. The summed E-state index contributed by atoms with van der Waals surface area (Å²) < 4.78 is 11.5. The number of benzene rings is 3. The van der Waals surface area contributed by atoms with Crippen molar-refractivity contribution in [3.8, 4) is 11.1 Å². The highest BCUT2D eigenvalue weighted by molar-refractivity contribution is 6.76. The molecular formula is C43H59Cl3N2O4. The quantitative estimate of drug-likeness (QED) is 0.0786. The van der Waals surface area contributed by atoms with Gasteiger partial charge in [-0.2, -0.15) is 0 Å². The number of nitrogens with zero attached hydrogens (tertiary/aromatic N) is 1. The first-order valence-electron chi connectivity index (χ1n) is 19.5. The van der Waals surface area contributed by atoms with Crippen molar-refractivity contribution in [2.45, 2.75) is 133 Å². The Kier molecular flexibility index (Phi) is 18.8. The molecule has 9 heteroatoms. The lowest BCUT2D eigenvalue weighted by atomic mass is 9.98. The van der Waals surface area contributed by atoms with Crippen LogP contribution >= 0.6 is 34.8 Å². The van der Waals surface area contributed by atoms with Crippen LogP contribution < -0.4 is 5.32 Å². The topological polar surface area (TPSA) is 71.0 Å². The predicted octanol–water partition coefficient (Wildman–Crippen LogP) is 11.4. The summed E-state index contributed by atoms with van der Waals surface area (Å²) in [5.41, 5.74) is 5.90. The molecule has 0 spiro atoms. The van der Waals surface area contributed by atoms with Gasteiger partial charge in [0.2, 0.25) is 0 Å². The maximum absolute atomic E-state index is 12.0. The van der Waals surface area contributed by atoms with Crippen molar-refractivity contribution in [1.82, 2.24) is 10.2 Å². The lowest BCUT2D eigenvalue weighted by molar-refractivity contribution is -0.253. The Labute approximate surface area is 327 Å². The number of carbonyl (C=O) groups excluding carboxylic acids is 1. The summed E-state index contributed by atoms with van der Waals surface area (Å²) in [6, 6.07) is 24.4. The second-order valence-electron chi connectivity index (χ2n) is 14.2. The fourth-order valence-corrected chi connectivity index (χ4v) is 7.02. The zero-order valence-electron chi connectivity index (χ0n) is 31.1. The zero-order valence-corrected chi connectivity index (χ0v) is 33.4. The number of aliphatic hydroxyl groups excluding tert-OH is 1. The summed E-state index contributed by atoms with van der Waals surface area (Å²) in [5.74, 6) is -0.659. The number of hydrogen-bond acceptors (Lipinski definition) is 5. The van der Waals surface area contributed by atoms with Gasteiger partial charge in [-0.1, -0.05) is 180 Å². The Bertz CT molecular complexity index is 1430. The molecule has 1 fully saturated rings. The molecule has 3 aromatic rings. The Morgan fingerprint density at radius 2 is 1.35 bits per heavy atom. The lowest BCUT2D eigenvalue weighted by Gasteiger charge is -2.38. The molecule has 0 radical (unpaired) electrons. The van der Waals surface area contributed by atoms with Gasteiger partial charge in [-0.3, -0.25) is 4.79 Å². The number of ether oxygens (including phenoxy) is 2. The third kappa shape index (κ3) is 14.6. The number of aliphatic hydroxyl groups is 1. The van der Waals surface area contributed by atoms with Gasteiger partial charge in [-0.25, -0.2) is 0 Å². The van der Waals surface area contributed by atoms with Gasteiger partial charge in [-0.15, -0.1) is 0 Å². The Morgan fingerprint density at radius 1 is 0.750 bits per heavy atom. The van der Waals surface area contributed by atoms with Crippen LogP contribution in [0.5, 0.6) is 0 Å². The molecule has 4 rings (SSSR count). The molecule has 0 aromatic heterocycles. The van der Waals surface area contributed by atoms with Crippen molar-refractivity contribution >= 4 is 40.7 Å². The lowest BCUT2D eigenvalue weighted by Crippen LogP contribution is -2.40. The molecule has 1 aliphatic rings. The van der Waals surface area contributed by atoms with Crippen LogP contribution in [0.1, 0.15) is 132 Å². The van der Waals surface area contributed by atoms with E-state index in [0.29, 0.717) is 0 Å². The van der Waals surface area contributed by atoms with Crippen molar-refractivity contribution in [2.24, 2.45) is 0 Å². The van der Waals surface area contributed by atoms with Crippen LogP contribution in [0.15, 0.2) is 72.8 Å². The second-order valence-corrected chi connectivity index (χ2v) is 16.5. The SMILES string of the molecule is CCCCCCCCN(CCCCCCCC)CC1CC(c2ccc(CO)cc2)OC(c2ccc(-c3cccc(CNC(=O)C(Cl)(Cl)Cl)c3)cc2)O1. The summed E-state index contributed by atoms with van der Waals surface area (Å²) in [6.45, 7) is 7.90. The minimum Gasteiger partial charge on any atom is -0.392 e. The highest BCUT2D eigenvalue weighted by atomic mass is 35.6. The maximum Gasteiger partial charge on any atom is 0.272 e. The van der Waals surface area contributed by atoms with E-state index in [2.05, 4.69) is 60.5 Å². The molecule has 3 atom stereocenters. The van der Waals surface area contributed by atoms with Crippen LogP contribution in [0.2, 0.25) is 0 Å². The monoisotopic (exact) mass is 772 g/mol. The summed E-state index contributed by atoms with van der Waals surface area (Å²) >= 11 is 17.1. The number of unbranched alkanes of at least 4 members (excludes halogenated alkanes) is 10. The molecule has 0 aliphatic carbocycles. The van der Waals surface area contributed by atoms with Gasteiger partial charge in [-0.05, 0) is 59.8 Å². The van der Waals surface area contributed by atoms with Crippen molar-refractivity contribution in [1.29, 1.82) is 0 Å². The van der Waals surface area contributed by atoms with Crippen molar-refractivity contribution in [3.63, 3.8) is 0 Å². The van der Waals surface area contributed by atoms with E-state index >= 15 is 0 Å². The third-order valence-electron chi connectivity index (χ3n) is 9.89. The fourth-order valence-electron chi connectivity index (χ4n) is 6.82. The zero-order chi connectivity index (χ0) is 37.2. The summed E-state index contributed by atoms with van der Waals surface area (Å²) in [6.07, 6.45) is 15.6. The van der Waals surface area contributed by atoms with Crippen LogP contribution in [0.4, 0.5) is 0 Å². The van der Waals surface area contributed by atoms with Crippen molar-refractivity contribution < 1.29 is 19.4 Å². The smallest absolute Gasteiger partial charge is 0.272 e. The van der Waals surface area contributed by atoms with Crippen molar-refractivity contribution in [3.05, 3.63) is 95.1 Å². The molecule has 0 saturated carbocycles. The molecule has 3 aromatic carbocycles. The van der Waals surface area contributed by atoms with E-state index in [0.717, 1.165) is 59.4 Å². The molecule has 52 heavy (non-hydrogen) atoms. The molecule has 0 bridgehead atoms. The summed E-state index contributed by atoms with van der Waals surface area (Å²) in [5, 5.41) is 12.3. The summed E-state index contributed by atoms with van der Waals surface area (Å²) in [7, 11) is 0. The van der Waals surface area contributed by atoms with Crippen LogP contribution in [0.25, 0.3) is 11.1 Å². The minimum atomic E-state index is -2.00. The Hall–Kier alpha value is -2.16. The van der Waals surface area contributed by atoms with E-state index in [1.54, 1.807) is 0 Å². The molecular weight excluding hydrogens is 715 g/mol. The third-order valence-corrected chi connectivity index (χ3v) is 10.4. The first-order valence-corrected chi connectivity index (χ1v) is 20.6. The minimum absolute atomic E-state index is 0.0146. The average Bonchev–Trinajstić information content (AvgIpc) is 3.16. The number of alkyl halides is 3. The van der Waals surface area contributed by atoms with Gasteiger partial charge in [0, 0.05) is 25.1 Å². The molecule has 1 aliphatic heterocycles. The first kappa shape index (κ1) is 42.6. The Morgan fingerprint density at radius 3 is 1.94 bits per heavy atom. The number of nitrogens with one attached hydrogen (secondary N) is 1. The molecule has 2 N–H and O–H groups in total. The molecule has 1 saturated heterocycles. The van der Waals surface area contributed by atoms with E-state index in [-0.39, 0.29) is 25.4 Å². The second kappa shape index (κ2) is 22.9. The van der Waals surface area contributed by atoms with Crippen LogP contribution in [0.3, 0.4) is 0 Å². The molecule has 1 heterocycles. The molecule has 286 valence electrons. The van der Waals surface area contributed by atoms with Gasteiger partial charge < -0.3 is 24.8 Å². The van der Waals surface area contributed by atoms with Gasteiger partial charge >= 0.3 is 0 Å². The molecule has 3 unspecified atom stereocenters. The van der Waals surface area contributed by atoms with E-state index < -0.39 is 16.0 Å². The fraction of sp³-hybridized carbons (Fsp3) is 0.558. The van der Waals surface area contributed by atoms with E-state index in [1.165, 1.54) is 77.0 Å². The molecule has 1 amide bonds. The highest BCUT2D eigenvalue weighted by Gasteiger charge is 2.33. The van der Waals surface area contributed by atoms with Crippen molar-refractivity contribution in [2.75, 3.05) is 19.6 Å². The number of amides is 1. The number of halogens is 3. The van der Waals surface area contributed by atoms with Gasteiger partial charge in [0.25, 0.3) is 9.70 Å². The van der Waals surface area contributed by atoms with E-state index in [1.807, 2.05) is 36.4 Å². The van der Waals surface area contributed by atoms with Crippen LogP contribution in [-0.4, -0.2) is 45.4 Å². The summed E-state index contributed by atoms with van der Waals surface area (Å²) in [4.78, 5) is 14.7. The molecule has 6 nitrogen and oxygen atoms in total. The maximum atomic E-state index is 12.0. The largest absolute Gasteiger partial charge is 0.392 e. The number of carbonyl (C=O) groups is 1. The van der Waals surface area contributed by atoms with Gasteiger partial charge in [0.15, 0.2) is 6.29 Å². The van der Waals surface area contributed by atoms with Gasteiger partial charge in [0.05, 0.1) is 18.8 Å². The average molecular weight is 774 g/mol. The van der Waals surface area contributed by atoms with Gasteiger partial charge in [0.1, 0.15) is 0 Å². The van der Waals surface area contributed by atoms with Crippen LogP contribution in [0, 0.1) is 0 Å².